The Balaban J connectivity index is 1.73. The molecular formula is C28H30O8. The summed E-state index contributed by atoms with van der Waals surface area (Å²) in [5, 5.41) is 0. The average molecular weight is 495 g/mol. The summed E-state index contributed by atoms with van der Waals surface area (Å²) in [6.45, 7) is 13.3. The van der Waals surface area contributed by atoms with E-state index in [2.05, 4.69) is 13.2 Å². The van der Waals surface area contributed by atoms with Gasteiger partial charge >= 0.3 is 18.1 Å². The zero-order chi connectivity index (χ0) is 26.2. The van der Waals surface area contributed by atoms with E-state index in [0.717, 1.165) is 23.1 Å². The Hall–Kier alpha value is -4.07. The lowest BCUT2D eigenvalue weighted by atomic mass is 10.0. The summed E-state index contributed by atoms with van der Waals surface area (Å²) in [5.74, 6) is 0.207. The second-order valence-electron chi connectivity index (χ2n) is 8.71. The first-order valence-corrected chi connectivity index (χ1v) is 11.6. The average Bonchev–Trinajstić information content (AvgIpc) is 2.84. The van der Waals surface area contributed by atoms with E-state index in [4.69, 9.17) is 23.7 Å². The van der Waals surface area contributed by atoms with Crippen LogP contribution in [0.15, 0.2) is 60.7 Å². The Bertz CT molecular complexity index is 1170. The highest BCUT2D eigenvalue weighted by molar-refractivity contribution is 5.90. The van der Waals surface area contributed by atoms with Crippen molar-refractivity contribution in [2.75, 3.05) is 19.8 Å². The minimum absolute atomic E-state index is 0.121. The van der Waals surface area contributed by atoms with Crippen LogP contribution < -0.4 is 14.2 Å². The molecule has 0 aliphatic carbocycles. The summed E-state index contributed by atoms with van der Waals surface area (Å²) in [7, 11) is 0. The van der Waals surface area contributed by atoms with Crippen LogP contribution in [0.25, 0.3) is 11.1 Å². The van der Waals surface area contributed by atoms with Crippen molar-refractivity contribution < 1.29 is 38.1 Å². The van der Waals surface area contributed by atoms with E-state index in [0.29, 0.717) is 43.3 Å². The van der Waals surface area contributed by atoms with E-state index in [1.165, 1.54) is 0 Å². The molecular weight excluding hydrogens is 464 g/mol. The van der Waals surface area contributed by atoms with Crippen LogP contribution in [0, 0.1) is 12.8 Å². The highest BCUT2D eigenvalue weighted by atomic mass is 16.7. The maximum absolute atomic E-state index is 12.2. The Morgan fingerprint density at radius 2 is 1.44 bits per heavy atom. The Morgan fingerprint density at radius 3 is 2.03 bits per heavy atom. The second kappa shape index (κ2) is 12.1. The molecule has 1 heterocycles. The van der Waals surface area contributed by atoms with Crippen LogP contribution in [0.4, 0.5) is 4.79 Å². The van der Waals surface area contributed by atoms with E-state index >= 15 is 0 Å². The van der Waals surface area contributed by atoms with Gasteiger partial charge in [0.2, 0.25) is 0 Å². The Kier molecular flexibility index (Phi) is 8.89. The first-order valence-electron chi connectivity index (χ1n) is 11.6. The van der Waals surface area contributed by atoms with Gasteiger partial charge in [0.05, 0.1) is 6.61 Å². The van der Waals surface area contributed by atoms with Crippen molar-refractivity contribution in [3.8, 4) is 28.4 Å². The molecule has 0 saturated carbocycles. The van der Waals surface area contributed by atoms with Gasteiger partial charge in [-0.15, -0.1) is 0 Å². The van der Waals surface area contributed by atoms with Gasteiger partial charge in [-0.05, 0) is 74.6 Å². The van der Waals surface area contributed by atoms with Gasteiger partial charge in [-0.25, -0.2) is 14.4 Å². The van der Waals surface area contributed by atoms with Crippen LogP contribution >= 0.6 is 0 Å². The fraction of sp³-hybridized carbons (Fsp3) is 0.321. The number of esters is 2. The second-order valence-corrected chi connectivity index (χ2v) is 8.71. The smallest absolute Gasteiger partial charge is 0.490 e. The maximum atomic E-state index is 12.2. The predicted molar refractivity (Wildman–Crippen MR) is 133 cm³/mol. The monoisotopic (exact) mass is 494 g/mol. The molecule has 190 valence electrons. The zero-order valence-corrected chi connectivity index (χ0v) is 20.8. The van der Waals surface area contributed by atoms with Crippen molar-refractivity contribution in [3.05, 3.63) is 66.3 Å². The number of carbonyl (C=O) groups is 3. The largest absolute Gasteiger partial charge is 0.508 e. The number of cyclic esters (lactones) is 2. The molecule has 0 radical (unpaired) electrons. The number of benzene rings is 2. The quantitative estimate of drug-likeness (QED) is 0.183. The van der Waals surface area contributed by atoms with Gasteiger partial charge in [-0.3, -0.25) is 0 Å². The molecule has 0 atom stereocenters. The molecule has 0 spiro atoms. The van der Waals surface area contributed by atoms with Crippen molar-refractivity contribution in [2.24, 2.45) is 5.92 Å². The van der Waals surface area contributed by atoms with Gasteiger partial charge in [0.25, 0.3) is 0 Å². The van der Waals surface area contributed by atoms with Crippen LogP contribution in [0.1, 0.15) is 32.3 Å². The van der Waals surface area contributed by atoms with E-state index < -0.39 is 18.1 Å². The highest BCUT2D eigenvalue weighted by Gasteiger charge is 2.21. The number of hydrogen-bond donors (Lipinski definition) is 0. The molecule has 1 aliphatic rings. The lowest BCUT2D eigenvalue weighted by molar-refractivity contribution is -0.131. The first kappa shape index (κ1) is 26.5. The Labute approximate surface area is 210 Å². The molecule has 0 aromatic heterocycles. The highest BCUT2D eigenvalue weighted by Crippen LogP contribution is 2.35. The van der Waals surface area contributed by atoms with Crippen LogP contribution in [-0.2, 0) is 19.1 Å². The van der Waals surface area contributed by atoms with Crippen molar-refractivity contribution in [1.29, 1.82) is 0 Å². The van der Waals surface area contributed by atoms with Crippen molar-refractivity contribution in [3.63, 3.8) is 0 Å². The molecule has 1 fully saturated rings. The fourth-order valence-electron chi connectivity index (χ4n) is 3.39. The van der Waals surface area contributed by atoms with Crippen LogP contribution in [0.5, 0.6) is 17.2 Å². The molecule has 2 aromatic rings. The zero-order valence-electron chi connectivity index (χ0n) is 20.8. The number of rotatable bonds is 10. The first-order chi connectivity index (χ1) is 17.1. The lowest BCUT2D eigenvalue weighted by Gasteiger charge is -2.21. The summed E-state index contributed by atoms with van der Waals surface area (Å²) in [5.41, 5.74) is 2.97. The Morgan fingerprint density at radius 1 is 0.889 bits per heavy atom. The number of ether oxygens (including phenoxy) is 5. The number of hydrogen-bond acceptors (Lipinski definition) is 8. The van der Waals surface area contributed by atoms with Crippen LogP contribution in [-0.4, -0.2) is 37.9 Å². The number of aryl methyl sites for hydroxylation is 1. The van der Waals surface area contributed by atoms with Crippen LogP contribution in [0.2, 0.25) is 0 Å². The molecule has 0 N–H and O–H groups in total. The van der Waals surface area contributed by atoms with Gasteiger partial charge < -0.3 is 23.7 Å². The number of carbonyl (C=O) groups excluding carboxylic acids is 3. The van der Waals surface area contributed by atoms with E-state index in [-0.39, 0.29) is 17.2 Å². The minimum atomic E-state index is -0.635. The third-order valence-corrected chi connectivity index (χ3v) is 5.44. The summed E-state index contributed by atoms with van der Waals surface area (Å²) >= 11 is 0. The maximum Gasteiger partial charge on any atom is 0.508 e. The lowest BCUT2D eigenvalue weighted by Crippen LogP contribution is -2.27. The topological polar surface area (TPSA) is 97.4 Å². The molecule has 1 saturated heterocycles. The van der Waals surface area contributed by atoms with Gasteiger partial charge in [-0.2, -0.15) is 0 Å². The molecule has 8 nitrogen and oxygen atoms in total. The molecule has 3 rings (SSSR count). The normalized spacial score (nSPS) is 13.2. The van der Waals surface area contributed by atoms with Crippen molar-refractivity contribution in [1.82, 2.24) is 0 Å². The van der Waals surface area contributed by atoms with Gasteiger partial charge in [0.1, 0.15) is 19.0 Å². The third-order valence-electron chi connectivity index (χ3n) is 5.44. The molecule has 8 heteroatoms. The standard InChI is InChI=1S/C28H30O8/c1-17(2)26(29)35-23-10-8-21(13-19(23)5)22-9-11-24(25(14-22)36-27(30)18(3)4)32-12-6-7-20-15-33-28(31)34-16-20/h8-11,13-14,20H,1,3,6-7,12,15-16H2,2,4-5H3. The van der Waals surface area contributed by atoms with Gasteiger partial charge in [0, 0.05) is 17.1 Å². The van der Waals surface area contributed by atoms with Gasteiger partial charge in [-0.1, -0.05) is 25.3 Å². The summed E-state index contributed by atoms with van der Waals surface area (Å²) in [6.07, 6.45) is 0.822. The van der Waals surface area contributed by atoms with Crippen molar-refractivity contribution >= 4 is 18.1 Å². The molecule has 0 unspecified atom stereocenters. The fourth-order valence-corrected chi connectivity index (χ4v) is 3.39. The summed E-state index contributed by atoms with van der Waals surface area (Å²) in [6, 6.07) is 10.7. The summed E-state index contributed by atoms with van der Waals surface area (Å²) in [4.78, 5) is 35.1. The van der Waals surface area contributed by atoms with E-state index in [9.17, 15) is 14.4 Å². The van der Waals surface area contributed by atoms with Crippen molar-refractivity contribution in [2.45, 2.75) is 33.6 Å². The SMILES string of the molecule is C=C(C)C(=O)Oc1ccc(-c2ccc(OCCCC3COC(=O)OC3)c(OC(=O)C(=C)C)c2)cc1C. The molecule has 1 aliphatic heterocycles. The third kappa shape index (κ3) is 7.21. The predicted octanol–water partition coefficient (Wildman–Crippen LogP) is 5.57. The van der Waals surface area contributed by atoms with E-state index in [1.54, 1.807) is 32.0 Å². The van der Waals surface area contributed by atoms with E-state index in [1.807, 2.05) is 25.1 Å². The molecule has 2 aromatic carbocycles. The summed E-state index contributed by atoms with van der Waals surface area (Å²) < 4.78 is 26.6. The van der Waals surface area contributed by atoms with Gasteiger partial charge in [0.15, 0.2) is 11.5 Å². The molecule has 36 heavy (non-hydrogen) atoms. The molecule has 0 amide bonds. The van der Waals surface area contributed by atoms with Crippen LogP contribution in [0.3, 0.4) is 0 Å². The minimum Gasteiger partial charge on any atom is -0.490 e. The molecule has 0 bridgehead atoms.